The number of nitrogens with zero attached hydrogens (tertiary/aromatic N) is 1. The zero-order valence-electron chi connectivity index (χ0n) is 10.8. The van der Waals surface area contributed by atoms with Gasteiger partial charge >= 0.3 is 5.63 Å². The van der Waals surface area contributed by atoms with Crippen LogP contribution in [0.25, 0.3) is 22.9 Å². The number of aliphatic hydroxyl groups is 1. The van der Waals surface area contributed by atoms with Crippen LogP contribution in [-0.4, -0.2) is 10.1 Å². The Labute approximate surface area is 124 Å². The second-order valence-electron chi connectivity index (χ2n) is 4.39. The standard InChI is InChI=1S/C16H10ClNO3/c17-11-5-3-4-10(8-11)14(19)9-13-16(20)21-15-7-2-1-6-12(15)18-13/h1-9,19H/b14-9-. The van der Waals surface area contributed by atoms with Crippen molar-refractivity contribution in [1.82, 2.24) is 4.98 Å². The van der Waals surface area contributed by atoms with Crippen molar-refractivity contribution in [3.63, 3.8) is 0 Å². The Morgan fingerprint density at radius 2 is 2.00 bits per heavy atom. The van der Waals surface area contributed by atoms with Crippen molar-refractivity contribution in [3.8, 4) is 0 Å². The molecule has 1 N–H and O–H groups in total. The highest BCUT2D eigenvalue weighted by Crippen LogP contribution is 2.18. The van der Waals surface area contributed by atoms with E-state index in [0.717, 1.165) is 0 Å². The lowest BCUT2D eigenvalue weighted by atomic mass is 10.1. The molecule has 1 heterocycles. The molecular formula is C16H10ClNO3. The first-order valence-corrected chi connectivity index (χ1v) is 6.58. The van der Waals surface area contributed by atoms with Crippen molar-refractivity contribution in [3.05, 3.63) is 75.2 Å². The van der Waals surface area contributed by atoms with E-state index in [2.05, 4.69) is 4.98 Å². The van der Waals surface area contributed by atoms with Gasteiger partial charge in [-0.1, -0.05) is 35.9 Å². The number of fused-ring (bicyclic) bond motifs is 1. The van der Waals surface area contributed by atoms with E-state index >= 15 is 0 Å². The van der Waals surface area contributed by atoms with E-state index in [0.29, 0.717) is 21.7 Å². The molecule has 0 atom stereocenters. The molecule has 0 spiro atoms. The van der Waals surface area contributed by atoms with Gasteiger partial charge in [-0.15, -0.1) is 0 Å². The number of rotatable bonds is 2. The van der Waals surface area contributed by atoms with Crippen molar-refractivity contribution in [2.75, 3.05) is 0 Å². The smallest absolute Gasteiger partial charge is 0.362 e. The van der Waals surface area contributed by atoms with Gasteiger partial charge in [0.15, 0.2) is 11.3 Å². The van der Waals surface area contributed by atoms with Gasteiger partial charge in [0.2, 0.25) is 0 Å². The minimum Gasteiger partial charge on any atom is -0.507 e. The maximum absolute atomic E-state index is 11.9. The minimum absolute atomic E-state index is 0.0335. The molecule has 0 aliphatic rings. The van der Waals surface area contributed by atoms with E-state index in [1.54, 1.807) is 48.5 Å². The molecule has 0 amide bonds. The maximum Gasteiger partial charge on any atom is 0.362 e. The van der Waals surface area contributed by atoms with Crippen LogP contribution >= 0.6 is 11.6 Å². The van der Waals surface area contributed by atoms with Gasteiger partial charge in [0.25, 0.3) is 0 Å². The van der Waals surface area contributed by atoms with Gasteiger partial charge in [0, 0.05) is 16.7 Å². The van der Waals surface area contributed by atoms with Crippen LogP contribution in [0.1, 0.15) is 11.3 Å². The Morgan fingerprint density at radius 1 is 1.19 bits per heavy atom. The van der Waals surface area contributed by atoms with Crippen molar-refractivity contribution in [2.45, 2.75) is 0 Å². The van der Waals surface area contributed by atoms with Crippen LogP contribution in [0.3, 0.4) is 0 Å². The Hall–Kier alpha value is -2.59. The summed E-state index contributed by atoms with van der Waals surface area (Å²) in [6.45, 7) is 0. The lowest BCUT2D eigenvalue weighted by molar-refractivity contribution is 0.514. The Balaban J connectivity index is 2.10. The summed E-state index contributed by atoms with van der Waals surface area (Å²) in [7, 11) is 0. The number of halogens is 1. The van der Waals surface area contributed by atoms with Crippen LogP contribution in [0.2, 0.25) is 5.02 Å². The number of aliphatic hydroxyl groups excluding tert-OH is 1. The van der Waals surface area contributed by atoms with Crippen molar-refractivity contribution in [2.24, 2.45) is 0 Å². The van der Waals surface area contributed by atoms with E-state index in [1.165, 1.54) is 6.08 Å². The summed E-state index contributed by atoms with van der Waals surface area (Å²) < 4.78 is 5.15. The molecular weight excluding hydrogens is 290 g/mol. The fraction of sp³-hybridized carbons (Fsp3) is 0. The van der Waals surface area contributed by atoms with Gasteiger partial charge in [-0.2, -0.15) is 0 Å². The average molecular weight is 300 g/mol. The van der Waals surface area contributed by atoms with E-state index in [1.807, 2.05) is 0 Å². The summed E-state index contributed by atoms with van der Waals surface area (Å²) >= 11 is 5.87. The maximum atomic E-state index is 11.9. The van der Waals surface area contributed by atoms with Crippen molar-refractivity contribution < 1.29 is 9.52 Å². The molecule has 0 saturated carbocycles. The largest absolute Gasteiger partial charge is 0.507 e. The molecule has 104 valence electrons. The summed E-state index contributed by atoms with van der Waals surface area (Å²) in [5.74, 6) is -0.104. The van der Waals surface area contributed by atoms with Gasteiger partial charge in [-0.05, 0) is 24.3 Å². The van der Waals surface area contributed by atoms with E-state index in [4.69, 9.17) is 16.0 Å². The second kappa shape index (κ2) is 5.42. The quantitative estimate of drug-likeness (QED) is 0.729. The first-order chi connectivity index (χ1) is 10.1. The van der Waals surface area contributed by atoms with E-state index in [-0.39, 0.29) is 11.5 Å². The fourth-order valence-corrected chi connectivity index (χ4v) is 2.11. The lowest BCUT2D eigenvalue weighted by Gasteiger charge is -2.01. The van der Waals surface area contributed by atoms with Crippen LogP contribution in [0.4, 0.5) is 0 Å². The Kier molecular flexibility index (Phi) is 3.46. The number of hydrogen-bond acceptors (Lipinski definition) is 4. The lowest BCUT2D eigenvalue weighted by Crippen LogP contribution is -2.06. The predicted molar refractivity (Wildman–Crippen MR) is 82.2 cm³/mol. The molecule has 2 aromatic carbocycles. The van der Waals surface area contributed by atoms with Gasteiger partial charge < -0.3 is 9.52 Å². The molecule has 0 aliphatic heterocycles. The van der Waals surface area contributed by atoms with E-state index in [9.17, 15) is 9.90 Å². The summed E-state index contributed by atoms with van der Waals surface area (Å²) in [4.78, 5) is 16.0. The fourth-order valence-electron chi connectivity index (χ4n) is 1.92. The third kappa shape index (κ3) is 2.80. The summed E-state index contributed by atoms with van der Waals surface area (Å²) in [5.41, 5.74) is 0.870. The van der Waals surface area contributed by atoms with Crippen LogP contribution in [0.15, 0.2) is 57.7 Å². The molecule has 0 radical (unpaired) electrons. The number of hydrogen-bond donors (Lipinski definition) is 1. The first-order valence-electron chi connectivity index (χ1n) is 6.20. The monoisotopic (exact) mass is 299 g/mol. The Bertz CT molecular complexity index is 899. The van der Waals surface area contributed by atoms with Crippen LogP contribution in [-0.2, 0) is 0 Å². The predicted octanol–water partition coefficient (Wildman–Crippen LogP) is 3.90. The third-order valence-electron chi connectivity index (χ3n) is 2.91. The third-order valence-corrected chi connectivity index (χ3v) is 3.15. The molecule has 21 heavy (non-hydrogen) atoms. The second-order valence-corrected chi connectivity index (χ2v) is 4.83. The number of benzene rings is 2. The van der Waals surface area contributed by atoms with Crippen LogP contribution < -0.4 is 5.63 Å². The van der Waals surface area contributed by atoms with Crippen molar-refractivity contribution >= 4 is 34.5 Å². The zero-order valence-corrected chi connectivity index (χ0v) is 11.5. The highest BCUT2D eigenvalue weighted by atomic mass is 35.5. The molecule has 0 aliphatic carbocycles. The van der Waals surface area contributed by atoms with Gasteiger partial charge in [0.05, 0.1) is 0 Å². The van der Waals surface area contributed by atoms with Gasteiger partial charge in [0.1, 0.15) is 11.3 Å². The van der Waals surface area contributed by atoms with Crippen LogP contribution in [0.5, 0.6) is 0 Å². The minimum atomic E-state index is -0.609. The molecule has 0 bridgehead atoms. The molecule has 4 nitrogen and oxygen atoms in total. The number of aromatic nitrogens is 1. The van der Waals surface area contributed by atoms with Crippen molar-refractivity contribution in [1.29, 1.82) is 0 Å². The molecule has 0 fully saturated rings. The average Bonchev–Trinajstić information content (AvgIpc) is 2.48. The Morgan fingerprint density at radius 3 is 2.81 bits per heavy atom. The molecule has 5 heteroatoms. The molecule has 1 aromatic heterocycles. The summed E-state index contributed by atoms with van der Waals surface area (Å²) in [6, 6.07) is 13.6. The topological polar surface area (TPSA) is 63.3 Å². The highest BCUT2D eigenvalue weighted by molar-refractivity contribution is 6.30. The molecule has 0 saturated heterocycles. The highest BCUT2D eigenvalue weighted by Gasteiger charge is 2.07. The summed E-state index contributed by atoms with van der Waals surface area (Å²) in [6.07, 6.45) is 1.27. The molecule has 3 rings (SSSR count). The SMILES string of the molecule is O=c1oc2ccccc2nc1/C=C(\O)c1cccc(Cl)c1. The zero-order chi connectivity index (χ0) is 14.8. The van der Waals surface area contributed by atoms with Gasteiger partial charge in [-0.3, -0.25) is 0 Å². The normalized spacial score (nSPS) is 11.8. The number of para-hydroxylation sites is 2. The first kappa shape index (κ1) is 13.4. The van der Waals surface area contributed by atoms with Crippen LogP contribution in [0, 0.1) is 0 Å². The van der Waals surface area contributed by atoms with E-state index < -0.39 is 5.63 Å². The van der Waals surface area contributed by atoms with Gasteiger partial charge in [-0.25, -0.2) is 9.78 Å². The molecule has 3 aromatic rings. The summed E-state index contributed by atoms with van der Waals surface area (Å²) in [5, 5.41) is 10.6. The molecule has 0 unspecified atom stereocenters.